The van der Waals surface area contributed by atoms with Gasteiger partial charge in [-0.25, -0.2) is 0 Å². The summed E-state index contributed by atoms with van der Waals surface area (Å²) in [5, 5.41) is 2.83. The van der Waals surface area contributed by atoms with Crippen LogP contribution in [0.4, 0.5) is 0 Å². The number of nitrogens with one attached hydrogen (secondary N) is 1. The average molecular weight is 355 g/mol. The lowest BCUT2D eigenvalue weighted by atomic mass is 9.99. The number of benzene rings is 2. The molecule has 2 rings (SSSR count). The van der Waals surface area contributed by atoms with Gasteiger partial charge in [0.25, 0.3) is 11.8 Å². The van der Waals surface area contributed by atoms with Crippen molar-refractivity contribution in [3.05, 3.63) is 65.2 Å². The number of carbonyl (C=O) groups excluding carboxylic acids is 2. The van der Waals surface area contributed by atoms with Crippen molar-refractivity contribution in [3.63, 3.8) is 0 Å². The number of primary amides is 1. The van der Waals surface area contributed by atoms with Crippen LogP contribution in [0.3, 0.4) is 0 Å². The Balaban J connectivity index is 1.88. The van der Waals surface area contributed by atoms with E-state index >= 15 is 0 Å². The second kappa shape index (κ2) is 9.01. The minimum absolute atomic E-state index is 0.198. The van der Waals surface area contributed by atoms with Gasteiger partial charge in [0, 0.05) is 18.2 Å². The number of rotatable bonds is 8. The van der Waals surface area contributed by atoms with Crippen molar-refractivity contribution in [1.29, 1.82) is 0 Å². The first-order chi connectivity index (χ1) is 12.4. The van der Waals surface area contributed by atoms with Gasteiger partial charge in [-0.05, 0) is 41.3 Å². The van der Waals surface area contributed by atoms with E-state index in [0.29, 0.717) is 23.8 Å². The monoisotopic (exact) mass is 355 g/mol. The van der Waals surface area contributed by atoms with Crippen molar-refractivity contribution in [1.82, 2.24) is 5.32 Å². The lowest BCUT2D eigenvalue weighted by molar-refractivity contribution is -0.119. The molecule has 0 heterocycles. The van der Waals surface area contributed by atoms with Crippen molar-refractivity contribution in [3.8, 4) is 5.75 Å². The Hall–Kier alpha value is -2.86. The van der Waals surface area contributed by atoms with E-state index < -0.39 is 5.91 Å². The zero-order chi connectivity index (χ0) is 19.1. The van der Waals surface area contributed by atoms with Crippen LogP contribution in [-0.4, -0.2) is 25.0 Å². The highest BCUT2D eigenvalue weighted by atomic mass is 16.5. The molecular weight excluding hydrogens is 330 g/mol. The summed E-state index contributed by atoms with van der Waals surface area (Å²) in [6.45, 7) is 4.41. The number of nitrogens with two attached hydrogens (primary N) is 2. The molecule has 2 aromatic carbocycles. The summed E-state index contributed by atoms with van der Waals surface area (Å²) in [5.74, 6) is 0.167. The fraction of sp³-hybridized carbons (Fsp3) is 0.300. The second-order valence-corrected chi connectivity index (χ2v) is 6.42. The first-order valence-corrected chi connectivity index (χ1v) is 8.51. The van der Waals surface area contributed by atoms with Gasteiger partial charge in [-0.3, -0.25) is 9.59 Å². The minimum Gasteiger partial charge on any atom is -0.484 e. The van der Waals surface area contributed by atoms with Crippen molar-refractivity contribution >= 4 is 11.8 Å². The summed E-state index contributed by atoms with van der Waals surface area (Å²) in [6.07, 6.45) is 0. The second-order valence-electron chi connectivity index (χ2n) is 6.42. The molecule has 6 heteroatoms. The van der Waals surface area contributed by atoms with Gasteiger partial charge in [0.15, 0.2) is 6.61 Å². The standard InChI is InChI=1S/C20H25N3O3/c1-13(2)14-3-5-15(6-4-14)18(21)11-23-20(25)16-7-9-17(10-8-16)26-12-19(22)24/h3-10,13,18H,11-12,21H2,1-2H3,(H2,22,24)(H,23,25). The molecule has 0 aromatic heterocycles. The van der Waals surface area contributed by atoms with E-state index in [2.05, 4.69) is 31.3 Å². The predicted molar refractivity (Wildman–Crippen MR) is 101 cm³/mol. The van der Waals surface area contributed by atoms with Gasteiger partial charge in [0.05, 0.1) is 0 Å². The first kappa shape index (κ1) is 19.5. The Bertz CT molecular complexity index is 740. The summed E-state index contributed by atoms with van der Waals surface area (Å²) in [4.78, 5) is 22.9. The molecule has 0 radical (unpaired) electrons. The molecule has 0 bridgehead atoms. The Morgan fingerprint density at radius 1 is 1.00 bits per heavy atom. The normalized spacial score (nSPS) is 11.8. The van der Waals surface area contributed by atoms with E-state index in [1.54, 1.807) is 24.3 Å². The number of ether oxygens (including phenoxy) is 1. The lowest BCUT2D eigenvalue weighted by Gasteiger charge is -2.15. The maximum absolute atomic E-state index is 12.2. The topological polar surface area (TPSA) is 107 Å². The summed E-state index contributed by atoms with van der Waals surface area (Å²) in [5.41, 5.74) is 13.9. The average Bonchev–Trinajstić information content (AvgIpc) is 2.64. The molecule has 1 unspecified atom stereocenters. The van der Waals surface area contributed by atoms with Crippen LogP contribution < -0.4 is 21.5 Å². The van der Waals surface area contributed by atoms with Crippen LogP contribution in [0.2, 0.25) is 0 Å². The highest BCUT2D eigenvalue weighted by Crippen LogP contribution is 2.17. The predicted octanol–water partition coefficient (Wildman–Crippen LogP) is 2.10. The molecule has 0 aliphatic rings. The van der Waals surface area contributed by atoms with Gasteiger partial charge in [0.2, 0.25) is 0 Å². The molecule has 6 nitrogen and oxygen atoms in total. The van der Waals surface area contributed by atoms with Gasteiger partial charge >= 0.3 is 0 Å². The molecule has 26 heavy (non-hydrogen) atoms. The van der Waals surface area contributed by atoms with Gasteiger partial charge in [-0.2, -0.15) is 0 Å². The van der Waals surface area contributed by atoms with Gasteiger partial charge in [-0.1, -0.05) is 38.1 Å². The van der Waals surface area contributed by atoms with Crippen molar-refractivity contribution in [2.45, 2.75) is 25.8 Å². The molecule has 2 amide bonds. The smallest absolute Gasteiger partial charge is 0.255 e. The summed E-state index contributed by atoms with van der Waals surface area (Å²) in [6, 6.07) is 14.3. The summed E-state index contributed by atoms with van der Waals surface area (Å²) < 4.78 is 5.16. The van der Waals surface area contributed by atoms with E-state index in [1.807, 2.05) is 12.1 Å². The molecule has 0 saturated heterocycles. The molecule has 0 fully saturated rings. The maximum atomic E-state index is 12.2. The van der Waals surface area contributed by atoms with Crippen LogP contribution in [0.1, 0.15) is 47.3 Å². The van der Waals surface area contributed by atoms with Crippen molar-refractivity contribution in [2.24, 2.45) is 11.5 Å². The van der Waals surface area contributed by atoms with Crippen LogP contribution >= 0.6 is 0 Å². The summed E-state index contributed by atoms with van der Waals surface area (Å²) >= 11 is 0. The minimum atomic E-state index is -0.553. The summed E-state index contributed by atoms with van der Waals surface area (Å²) in [7, 11) is 0. The number of amides is 2. The molecule has 0 spiro atoms. The number of carbonyl (C=O) groups is 2. The van der Waals surface area contributed by atoms with E-state index in [9.17, 15) is 9.59 Å². The van der Waals surface area contributed by atoms with Crippen LogP contribution in [0.25, 0.3) is 0 Å². The Kier molecular flexibility index (Phi) is 6.74. The third kappa shape index (κ3) is 5.60. The first-order valence-electron chi connectivity index (χ1n) is 8.51. The van der Waals surface area contributed by atoms with Crippen LogP contribution in [-0.2, 0) is 4.79 Å². The molecule has 2 aromatic rings. The molecular formula is C20H25N3O3. The fourth-order valence-electron chi connectivity index (χ4n) is 2.41. The highest BCUT2D eigenvalue weighted by molar-refractivity contribution is 5.94. The largest absolute Gasteiger partial charge is 0.484 e. The third-order valence-corrected chi connectivity index (χ3v) is 4.01. The van der Waals surface area contributed by atoms with Gasteiger partial charge in [-0.15, -0.1) is 0 Å². The maximum Gasteiger partial charge on any atom is 0.255 e. The van der Waals surface area contributed by atoms with Gasteiger partial charge < -0.3 is 21.5 Å². The van der Waals surface area contributed by atoms with Crippen molar-refractivity contribution < 1.29 is 14.3 Å². The van der Waals surface area contributed by atoms with Crippen LogP contribution in [0.5, 0.6) is 5.75 Å². The Labute approximate surface area is 153 Å². The molecule has 1 atom stereocenters. The Morgan fingerprint density at radius 3 is 2.12 bits per heavy atom. The van der Waals surface area contributed by atoms with E-state index in [-0.39, 0.29) is 18.6 Å². The van der Waals surface area contributed by atoms with Crippen molar-refractivity contribution in [2.75, 3.05) is 13.2 Å². The molecule has 0 aliphatic carbocycles. The molecule has 0 aliphatic heterocycles. The SMILES string of the molecule is CC(C)c1ccc(C(N)CNC(=O)c2ccc(OCC(N)=O)cc2)cc1. The quantitative estimate of drug-likeness (QED) is 0.674. The zero-order valence-corrected chi connectivity index (χ0v) is 15.1. The highest BCUT2D eigenvalue weighted by Gasteiger charge is 2.11. The molecule has 0 saturated carbocycles. The van der Waals surface area contributed by atoms with Crippen LogP contribution in [0.15, 0.2) is 48.5 Å². The zero-order valence-electron chi connectivity index (χ0n) is 15.1. The third-order valence-electron chi connectivity index (χ3n) is 4.01. The molecule has 5 N–H and O–H groups in total. The number of hydrogen-bond donors (Lipinski definition) is 3. The Morgan fingerprint density at radius 2 is 1.58 bits per heavy atom. The fourth-order valence-corrected chi connectivity index (χ4v) is 2.41. The number of hydrogen-bond acceptors (Lipinski definition) is 4. The van der Waals surface area contributed by atoms with E-state index in [4.69, 9.17) is 16.2 Å². The van der Waals surface area contributed by atoms with E-state index in [1.165, 1.54) is 5.56 Å². The van der Waals surface area contributed by atoms with E-state index in [0.717, 1.165) is 5.56 Å². The van der Waals surface area contributed by atoms with Gasteiger partial charge in [0.1, 0.15) is 5.75 Å². The lowest BCUT2D eigenvalue weighted by Crippen LogP contribution is -2.31. The van der Waals surface area contributed by atoms with Crippen LogP contribution in [0, 0.1) is 0 Å². The molecule has 138 valence electrons.